The van der Waals surface area contributed by atoms with Crippen LogP contribution in [0.25, 0.3) is 0 Å². The number of fused-ring (bicyclic) bond motifs is 2. The van der Waals surface area contributed by atoms with Crippen LogP contribution in [-0.2, 0) is 30.9 Å². The molecule has 2 amide bonds. The van der Waals surface area contributed by atoms with Crippen molar-refractivity contribution in [3.8, 4) is 0 Å². The van der Waals surface area contributed by atoms with E-state index in [1.54, 1.807) is 12.1 Å². The van der Waals surface area contributed by atoms with Crippen LogP contribution in [0.15, 0.2) is 36.9 Å². The van der Waals surface area contributed by atoms with E-state index in [-0.39, 0.29) is 49.7 Å². The molecule has 0 aliphatic carbocycles. The molecule has 1 N–H and O–H groups in total. The lowest BCUT2D eigenvalue weighted by Crippen LogP contribution is -2.61. The normalized spacial score (nSPS) is 21.6. The van der Waals surface area contributed by atoms with E-state index in [1.165, 1.54) is 10.4 Å². The second-order valence-corrected chi connectivity index (χ2v) is 11.4. The van der Waals surface area contributed by atoms with Crippen LogP contribution in [0.1, 0.15) is 54.9 Å². The Hall–Kier alpha value is -2.72. The molecule has 2 aliphatic heterocycles. The number of sulfonamides is 1. The molecule has 0 spiro atoms. The Kier molecular flexibility index (Phi) is 9.07. The van der Waals surface area contributed by atoms with E-state index >= 15 is 0 Å². The molecule has 10 heteroatoms. The molecule has 35 heavy (non-hydrogen) atoms. The second-order valence-electron chi connectivity index (χ2n) is 9.39. The summed E-state index contributed by atoms with van der Waals surface area (Å²) in [6.07, 6.45) is 4.58. The highest BCUT2D eigenvalue weighted by molar-refractivity contribution is 7.89. The summed E-state index contributed by atoms with van der Waals surface area (Å²) in [5, 5.41) is 2.70. The first-order chi connectivity index (χ1) is 16.7. The first kappa shape index (κ1) is 26.9. The van der Waals surface area contributed by atoms with Gasteiger partial charge in [0.25, 0.3) is 11.8 Å². The highest BCUT2D eigenvalue weighted by Crippen LogP contribution is 2.33. The summed E-state index contributed by atoms with van der Waals surface area (Å²) in [6.45, 7) is 7.99. The molecule has 2 unspecified atom stereocenters. The number of quaternary nitrogens is 1. The average Bonchev–Trinajstić information content (AvgIpc) is 3.13. The topological polar surface area (TPSA) is 110 Å². The lowest BCUT2D eigenvalue weighted by molar-refractivity contribution is -0.925. The van der Waals surface area contributed by atoms with E-state index in [0.717, 1.165) is 24.9 Å². The fraction of sp³-hybridized carbons (Fsp3) is 0.560. The van der Waals surface area contributed by atoms with E-state index < -0.39 is 16.0 Å². The molecule has 192 valence electrons. The minimum atomic E-state index is -3.58. The molecule has 2 saturated heterocycles. The number of benzene rings is 1. The largest absolute Gasteiger partial charge is 0.461 e. The lowest BCUT2D eigenvalue weighted by atomic mass is 10.1. The first-order valence-electron chi connectivity index (χ1n) is 12.2. The molecule has 2 bridgehead atoms. The molecule has 2 fully saturated rings. The Morgan fingerprint density at radius 3 is 2.69 bits per heavy atom. The van der Waals surface area contributed by atoms with Crippen molar-refractivity contribution in [3.63, 3.8) is 0 Å². The molecule has 9 nitrogen and oxygen atoms in total. The minimum Gasteiger partial charge on any atom is -0.461 e. The number of amides is 2. The average molecular weight is 507 g/mol. The van der Waals surface area contributed by atoms with Gasteiger partial charge in [0, 0.05) is 24.1 Å². The van der Waals surface area contributed by atoms with Crippen molar-refractivity contribution < 1.29 is 32.0 Å². The van der Waals surface area contributed by atoms with Crippen molar-refractivity contribution in [2.75, 3.05) is 38.5 Å². The predicted octanol–water partition coefficient (Wildman–Crippen LogP) is 1.99. The number of carbonyl (C=O) groups is 3. The van der Waals surface area contributed by atoms with Gasteiger partial charge >= 0.3 is 5.97 Å². The van der Waals surface area contributed by atoms with Gasteiger partial charge in [-0.15, -0.1) is 0 Å². The van der Waals surface area contributed by atoms with Crippen molar-refractivity contribution >= 4 is 27.8 Å². The summed E-state index contributed by atoms with van der Waals surface area (Å²) in [5.74, 6) is -0.958. The summed E-state index contributed by atoms with van der Waals surface area (Å²) in [4.78, 5) is 36.8. The summed E-state index contributed by atoms with van der Waals surface area (Å²) >= 11 is 0. The van der Waals surface area contributed by atoms with Crippen LogP contribution in [0.4, 0.5) is 0 Å². The van der Waals surface area contributed by atoms with E-state index in [2.05, 4.69) is 11.9 Å². The first-order valence-corrected chi connectivity index (χ1v) is 13.8. The Labute approximate surface area is 207 Å². The predicted molar refractivity (Wildman–Crippen MR) is 132 cm³/mol. The quantitative estimate of drug-likeness (QED) is 0.190. The number of hydrogen-bond donors (Lipinski definition) is 1. The highest BCUT2D eigenvalue weighted by Gasteiger charge is 2.52. The Balaban J connectivity index is 1.55. The van der Waals surface area contributed by atoms with E-state index in [4.69, 9.17) is 4.74 Å². The van der Waals surface area contributed by atoms with Gasteiger partial charge in [0.15, 0.2) is 6.54 Å². The maximum Gasteiger partial charge on any atom is 0.307 e. The van der Waals surface area contributed by atoms with Crippen LogP contribution in [0.3, 0.4) is 0 Å². The van der Waals surface area contributed by atoms with E-state index in [0.29, 0.717) is 36.0 Å². The van der Waals surface area contributed by atoms with Gasteiger partial charge < -0.3 is 14.5 Å². The number of hydrogen-bond acceptors (Lipinski definition) is 6. The molecule has 0 radical (unpaired) electrons. The zero-order valence-electron chi connectivity index (χ0n) is 20.4. The Morgan fingerprint density at radius 2 is 2.00 bits per heavy atom. The number of piperazine rings is 1. The molecule has 1 aromatic rings. The van der Waals surface area contributed by atoms with E-state index in [9.17, 15) is 22.8 Å². The summed E-state index contributed by atoms with van der Waals surface area (Å²) in [7, 11) is -3.58. The maximum atomic E-state index is 12.9. The number of esters is 1. The van der Waals surface area contributed by atoms with Gasteiger partial charge in [-0.3, -0.25) is 14.4 Å². The van der Waals surface area contributed by atoms with Crippen LogP contribution in [0, 0.1) is 0 Å². The number of ether oxygens (including phenoxy) is 1. The van der Waals surface area contributed by atoms with Gasteiger partial charge in [0.2, 0.25) is 10.0 Å². The van der Waals surface area contributed by atoms with Gasteiger partial charge in [0.05, 0.1) is 18.7 Å². The number of rotatable bonds is 13. The summed E-state index contributed by atoms with van der Waals surface area (Å²) in [6, 6.07) is 6.91. The molecule has 2 atom stereocenters. The van der Waals surface area contributed by atoms with Crippen molar-refractivity contribution in [3.05, 3.63) is 48.0 Å². The number of nitrogens with zero attached hydrogens (tertiary/aromatic N) is 2. The van der Waals surface area contributed by atoms with Crippen molar-refractivity contribution in [1.29, 1.82) is 0 Å². The van der Waals surface area contributed by atoms with Crippen LogP contribution in [0.5, 0.6) is 0 Å². The molecular weight excluding hydrogens is 470 g/mol. The van der Waals surface area contributed by atoms with Gasteiger partial charge in [-0.25, -0.2) is 12.7 Å². The third-order valence-corrected chi connectivity index (χ3v) is 8.51. The number of carbonyl (C=O) groups excluding carboxylic acids is 3. The van der Waals surface area contributed by atoms with Crippen molar-refractivity contribution in [2.45, 2.75) is 51.6 Å². The third kappa shape index (κ3) is 6.91. The monoisotopic (exact) mass is 506 g/mol. The zero-order valence-corrected chi connectivity index (χ0v) is 21.2. The van der Waals surface area contributed by atoms with E-state index in [1.807, 2.05) is 19.1 Å². The van der Waals surface area contributed by atoms with Crippen LogP contribution in [-0.4, -0.2) is 79.6 Å². The fourth-order valence-electron chi connectivity index (χ4n) is 4.92. The SMILES string of the molecule is C=CCOC(=O)CCNC(=O)c1ccc(C[N+]23CCC(C2)N(S(=O)(=O)CCCCC)C(=O)C3)cc1. The number of nitrogens with one attached hydrogen (secondary N) is 1. The fourth-order valence-corrected chi connectivity index (χ4v) is 6.68. The second kappa shape index (κ2) is 11.8. The van der Waals surface area contributed by atoms with Gasteiger partial charge in [-0.1, -0.05) is 44.6 Å². The zero-order chi connectivity index (χ0) is 25.5. The van der Waals surface area contributed by atoms with Crippen molar-refractivity contribution in [1.82, 2.24) is 9.62 Å². The molecule has 3 rings (SSSR count). The van der Waals surface area contributed by atoms with Gasteiger partial charge in [-0.05, 0) is 18.6 Å². The van der Waals surface area contributed by atoms with Gasteiger partial charge in [0.1, 0.15) is 25.7 Å². The lowest BCUT2D eigenvalue weighted by Gasteiger charge is -2.40. The van der Waals surface area contributed by atoms with Crippen molar-refractivity contribution in [2.24, 2.45) is 0 Å². The molecule has 2 heterocycles. The summed E-state index contributed by atoms with van der Waals surface area (Å²) < 4.78 is 32.2. The van der Waals surface area contributed by atoms with Crippen LogP contribution < -0.4 is 5.32 Å². The highest BCUT2D eigenvalue weighted by atomic mass is 32.2. The maximum absolute atomic E-state index is 12.9. The summed E-state index contributed by atoms with van der Waals surface area (Å²) in [5.41, 5.74) is 1.47. The molecule has 0 saturated carbocycles. The Morgan fingerprint density at radius 1 is 1.26 bits per heavy atom. The smallest absolute Gasteiger partial charge is 0.307 e. The number of unbranched alkanes of at least 4 members (excludes halogenated alkanes) is 2. The van der Waals surface area contributed by atoms with Gasteiger partial charge in [-0.2, -0.15) is 0 Å². The molecule has 0 aromatic heterocycles. The van der Waals surface area contributed by atoms with Crippen LogP contribution in [0.2, 0.25) is 0 Å². The Bertz CT molecular complexity index is 1040. The molecular formula is C25H36N3O6S+. The molecule has 1 aromatic carbocycles. The minimum absolute atomic E-state index is 0.0304. The third-order valence-electron chi connectivity index (χ3n) is 6.60. The molecule has 2 aliphatic rings. The standard InChI is InChI=1S/C25H35N3O6S/c1-3-5-6-16-35(32,33)27-22-12-14-28(18-22,19-23(27)29)17-20-7-9-21(10-8-20)25(31)26-13-11-24(30)34-15-4-2/h4,7-10,22H,2-3,5-6,11-19H2,1H3/p+1. The van der Waals surface area contributed by atoms with Crippen LogP contribution >= 0.6 is 0 Å².